The molecule has 1 aromatic carbocycles. The van der Waals surface area contributed by atoms with E-state index < -0.39 is 0 Å². The molecule has 1 amide bonds. The monoisotopic (exact) mass is 428 g/mol. The first-order valence-corrected chi connectivity index (χ1v) is 11.2. The highest BCUT2D eigenvalue weighted by atomic mass is 32.1. The van der Waals surface area contributed by atoms with E-state index in [1.165, 1.54) is 10.4 Å². The molecule has 0 radical (unpaired) electrons. The first kappa shape index (κ1) is 22.2. The first-order chi connectivity index (χ1) is 14.5. The average Bonchev–Trinajstić information content (AvgIpc) is 3.17. The van der Waals surface area contributed by atoms with Crippen LogP contribution in [0, 0.1) is 6.92 Å². The Balaban J connectivity index is 1.53. The van der Waals surface area contributed by atoms with Gasteiger partial charge < -0.3 is 15.5 Å². The van der Waals surface area contributed by atoms with Crippen LogP contribution in [0.1, 0.15) is 28.3 Å². The first-order valence-electron chi connectivity index (χ1n) is 10.4. The maximum atomic E-state index is 12.0. The fourth-order valence-corrected chi connectivity index (χ4v) is 4.08. The van der Waals surface area contributed by atoms with Crippen molar-refractivity contribution in [3.05, 3.63) is 52.0 Å². The summed E-state index contributed by atoms with van der Waals surface area (Å²) in [7, 11) is 3.50. The molecule has 2 N–H and O–H groups in total. The van der Waals surface area contributed by atoms with Gasteiger partial charge in [0.25, 0.3) is 0 Å². The van der Waals surface area contributed by atoms with E-state index in [1.807, 2.05) is 13.1 Å². The zero-order valence-corrected chi connectivity index (χ0v) is 18.9. The molecule has 0 aliphatic carbocycles. The van der Waals surface area contributed by atoms with E-state index in [0.717, 1.165) is 37.5 Å². The number of carbonyl (C=O) groups excluding carboxylic acids is 1. The van der Waals surface area contributed by atoms with Crippen molar-refractivity contribution in [2.24, 2.45) is 4.99 Å². The van der Waals surface area contributed by atoms with E-state index in [1.54, 1.807) is 30.3 Å². The summed E-state index contributed by atoms with van der Waals surface area (Å²) >= 11 is 1.67. The van der Waals surface area contributed by atoms with Crippen LogP contribution in [0.15, 0.2) is 41.5 Å². The van der Waals surface area contributed by atoms with E-state index in [4.69, 9.17) is 0 Å². The summed E-state index contributed by atoms with van der Waals surface area (Å²) in [6.45, 7) is 5.87. The molecule has 7 nitrogen and oxygen atoms in total. The number of likely N-dealkylation sites (tertiary alicyclic amines) is 1. The van der Waals surface area contributed by atoms with E-state index >= 15 is 0 Å². The Bertz CT molecular complexity index is 827. The van der Waals surface area contributed by atoms with E-state index in [-0.39, 0.29) is 12.5 Å². The van der Waals surface area contributed by atoms with Crippen molar-refractivity contribution in [1.82, 2.24) is 25.4 Å². The number of benzene rings is 1. The van der Waals surface area contributed by atoms with Crippen LogP contribution < -0.4 is 10.6 Å². The second kappa shape index (κ2) is 11.1. The van der Waals surface area contributed by atoms with Gasteiger partial charge in [0.1, 0.15) is 11.6 Å². The fourth-order valence-electron chi connectivity index (χ4n) is 3.35. The normalized spacial score (nSPS) is 15.8. The smallest absolute Gasteiger partial charge is 0.243 e. The Hall–Kier alpha value is -2.45. The number of thiazole rings is 1. The Morgan fingerprint density at radius 2 is 2.00 bits per heavy atom. The fraction of sp³-hybridized carbons (Fsp3) is 0.500. The highest BCUT2D eigenvalue weighted by Crippen LogP contribution is 2.14. The summed E-state index contributed by atoms with van der Waals surface area (Å²) in [5.74, 6) is 0.665. The second-order valence-corrected chi connectivity index (χ2v) is 9.17. The molecule has 0 atom stereocenters. The van der Waals surface area contributed by atoms with Crippen molar-refractivity contribution >= 4 is 23.2 Å². The third-order valence-electron chi connectivity index (χ3n) is 5.12. The summed E-state index contributed by atoms with van der Waals surface area (Å²) in [4.78, 5) is 26.1. The number of likely N-dealkylation sites (N-methyl/N-ethyl adjacent to an activating group) is 1. The van der Waals surface area contributed by atoms with E-state index in [2.05, 4.69) is 55.8 Å². The number of amides is 1. The molecule has 162 valence electrons. The molecule has 0 spiro atoms. The minimum atomic E-state index is -0.0149. The number of piperidine rings is 1. The van der Waals surface area contributed by atoms with Crippen molar-refractivity contribution in [1.29, 1.82) is 0 Å². The molecule has 0 unspecified atom stereocenters. The Morgan fingerprint density at radius 3 is 2.63 bits per heavy atom. The maximum Gasteiger partial charge on any atom is 0.243 e. The Labute approximate surface area is 183 Å². The Kier molecular flexibility index (Phi) is 8.21. The summed E-state index contributed by atoms with van der Waals surface area (Å²) in [5.41, 5.74) is 1.36. The summed E-state index contributed by atoms with van der Waals surface area (Å²) in [6.07, 6.45) is 3.97. The van der Waals surface area contributed by atoms with Gasteiger partial charge in [0.05, 0.1) is 6.54 Å². The highest BCUT2D eigenvalue weighted by Gasteiger charge is 2.20. The lowest BCUT2D eigenvalue weighted by Gasteiger charge is -2.33. The minimum Gasteiger partial charge on any atom is -0.354 e. The zero-order chi connectivity index (χ0) is 21.3. The van der Waals surface area contributed by atoms with Crippen molar-refractivity contribution in [2.75, 3.05) is 33.7 Å². The van der Waals surface area contributed by atoms with Crippen molar-refractivity contribution < 1.29 is 4.79 Å². The van der Waals surface area contributed by atoms with Gasteiger partial charge in [0.2, 0.25) is 5.91 Å². The largest absolute Gasteiger partial charge is 0.354 e. The van der Waals surface area contributed by atoms with E-state index in [0.29, 0.717) is 18.5 Å². The van der Waals surface area contributed by atoms with Crippen LogP contribution in [0.25, 0.3) is 0 Å². The zero-order valence-electron chi connectivity index (χ0n) is 18.1. The summed E-state index contributed by atoms with van der Waals surface area (Å²) < 4.78 is 0. The molecule has 2 heterocycles. The molecular weight excluding hydrogens is 396 g/mol. The van der Waals surface area contributed by atoms with Gasteiger partial charge in [-0.3, -0.25) is 9.69 Å². The van der Waals surface area contributed by atoms with Gasteiger partial charge in [0.15, 0.2) is 5.96 Å². The maximum absolute atomic E-state index is 12.0. The number of aromatic nitrogens is 1. The summed E-state index contributed by atoms with van der Waals surface area (Å²) in [6, 6.07) is 11.0. The number of nitrogens with zero attached hydrogens (tertiary/aromatic N) is 4. The molecule has 1 saturated heterocycles. The van der Waals surface area contributed by atoms with Crippen LogP contribution in [-0.4, -0.2) is 66.4 Å². The molecule has 1 aliphatic rings. The van der Waals surface area contributed by atoms with Crippen LogP contribution in [0.4, 0.5) is 0 Å². The molecule has 2 aromatic rings. The highest BCUT2D eigenvalue weighted by molar-refractivity contribution is 7.11. The molecule has 0 saturated carbocycles. The standard InChI is InChI=1S/C22H32N6OS/c1-17-13-23-20(30-17)14-24-22(25-15-21(29)27(2)3)26-19-9-11-28(12-10-19)16-18-7-5-4-6-8-18/h4-8,13,19H,9-12,14-16H2,1-3H3,(H2,24,25,26). The predicted octanol–water partition coefficient (Wildman–Crippen LogP) is 2.24. The Morgan fingerprint density at radius 1 is 1.27 bits per heavy atom. The SMILES string of the molecule is Cc1cnc(CNC(=NCC(=O)N(C)C)NC2CCN(Cc3ccccc3)CC2)s1. The van der Waals surface area contributed by atoms with Gasteiger partial charge in [-0.2, -0.15) is 0 Å². The molecule has 1 fully saturated rings. The van der Waals surface area contributed by atoms with Crippen molar-refractivity contribution in [2.45, 2.75) is 38.9 Å². The predicted molar refractivity (Wildman–Crippen MR) is 123 cm³/mol. The number of nitrogens with one attached hydrogen (secondary N) is 2. The average molecular weight is 429 g/mol. The van der Waals surface area contributed by atoms with Crippen molar-refractivity contribution in [3.63, 3.8) is 0 Å². The number of guanidine groups is 1. The van der Waals surface area contributed by atoms with Crippen LogP contribution in [-0.2, 0) is 17.9 Å². The molecule has 1 aromatic heterocycles. The van der Waals surface area contributed by atoms with E-state index in [9.17, 15) is 4.79 Å². The number of carbonyl (C=O) groups is 1. The van der Waals surface area contributed by atoms with Gasteiger partial charge >= 0.3 is 0 Å². The van der Waals surface area contributed by atoms with Gasteiger partial charge in [0, 0.05) is 50.8 Å². The molecule has 1 aliphatic heterocycles. The number of aliphatic imine (C=N–C) groups is 1. The third-order valence-corrected chi connectivity index (χ3v) is 6.04. The van der Waals surface area contributed by atoms with Gasteiger partial charge in [-0.25, -0.2) is 9.98 Å². The van der Waals surface area contributed by atoms with Crippen molar-refractivity contribution in [3.8, 4) is 0 Å². The lowest BCUT2D eigenvalue weighted by atomic mass is 10.0. The third kappa shape index (κ3) is 7.11. The number of aryl methyl sites for hydroxylation is 1. The van der Waals surface area contributed by atoms with Crippen LogP contribution in [0.5, 0.6) is 0 Å². The number of hydrogen-bond donors (Lipinski definition) is 2. The van der Waals surface area contributed by atoms with Crippen LogP contribution in [0.2, 0.25) is 0 Å². The van der Waals surface area contributed by atoms with Crippen LogP contribution in [0.3, 0.4) is 0 Å². The molecule has 3 rings (SSSR count). The summed E-state index contributed by atoms with van der Waals surface area (Å²) in [5, 5.41) is 7.89. The minimum absolute atomic E-state index is 0.0149. The number of rotatable bonds is 7. The quantitative estimate of drug-likeness (QED) is 0.523. The van der Waals surface area contributed by atoms with Gasteiger partial charge in [-0.1, -0.05) is 30.3 Å². The molecule has 30 heavy (non-hydrogen) atoms. The molecule has 8 heteroatoms. The van der Waals surface area contributed by atoms with Gasteiger partial charge in [-0.15, -0.1) is 11.3 Å². The van der Waals surface area contributed by atoms with Gasteiger partial charge in [-0.05, 0) is 25.3 Å². The lowest BCUT2D eigenvalue weighted by molar-refractivity contribution is -0.127. The number of hydrogen-bond acceptors (Lipinski definition) is 5. The molecular formula is C22H32N6OS. The van der Waals surface area contributed by atoms with Crippen LogP contribution >= 0.6 is 11.3 Å². The molecule has 0 bridgehead atoms. The lowest BCUT2D eigenvalue weighted by Crippen LogP contribution is -2.48. The second-order valence-electron chi connectivity index (χ2n) is 7.85. The topological polar surface area (TPSA) is 72.9 Å².